The molecule has 4 rings (SSSR count). The molecule has 0 spiro atoms. The first-order valence-corrected chi connectivity index (χ1v) is 14.7. The van der Waals surface area contributed by atoms with Gasteiger partial charge in [0.1, 0.15) is 0 Å². The topological polar surface area (TPSA) is 95.7 Å². The van der Waals surface area contributed by atoms with Crippen LogP contribution in [-0.2, 0) is 16.4 Å². The van der Waals surface area contributed by atoms with Gasteiger partial charge < -0.3 is 15.5 Å². The fourth-order valence-electron chi connectivity index (χ4n) is 4.43. The second-order valence-corrected chi connectivity index (χ2v) is 12.7. The van der Waals surface area contributed by atoms with Gasteiger partial charge in [0.25, 0.3) is 0 Å². The van der Waals surface area contributed by atoms with Crippen molar-refractivity contribution in [3.8, 4) is 0 Å². The molecule has 36 heavy (non-hydrogen) atoms. The van der Waals surface area contributed by atoms with Crippen LogP contribution in [0.2, 0.25) is 0 Å². The summed E-state index contributed by atoms with van der Waals surface area (Å²) in [7, 11) is 0.850. The number of nitrogens with two attached hydrogens (primary N) is 1. The van der Waals surface area contributed by atoms with E-state index < -0.39 is 10.0 Å². The third-order valence-corrected chi connectivity index (χ3v) is 9.45. The predicted molar refractivity (Wildman–Crippen MR) is 149 cm³/mol. The van der Waals surface area contributed by atoms with Gasteiger partial charge in [-0.05, 0) is 47.7 Å². The first-order valence-electron chi connectivity index (χ1n) is 12.3. The van der Waals surface area contributed by atoms with Crippen molar-refractivity contribution >= 4 is 38.1 Å². The molecule has 1 saturated heterocycles. The number of nitrogen functional groups attached to an aromatic ring is 1. The maximum atomic E-state index is 12.6. The van der Waals surface area contributed by atoms with Gasteiger partial charge in [-0.1, -0.05) is 38.1 Å². The molecule has 2 heterocycles. The van der Waals surface area contributed by atoms with Crippen LogP contribution in [0.1, 0.15) is 36.7 Å². The smallest absolute Gasteiger partial charge is 0.214 e. The fourth-order valence-corrected chi connectivity index (χ4v) is 6.98. The highest BCUT2D eigenvalue weighted by molar-refractivity contribution is 7.89. The number of anilines is 3. The third-order valence-electron chi connectivity index (χ3n) is 6.42. The lowest BCUT2D eigenvalue weighted by molar-refractivity contribution is 0.381. The fraction of sp³-hybridized carbons (Fsp3) is 0.462. The first kappa shape index (κ1) is 26.4. The molecule has 0 aliphatic carbocycles. The first-order chi connectivity index (χ1) is 17.1. The highest BCUT2D eigenvalue weighted by Crippen LogP contribution is 2.31. The van der Waals surface area contributed by atoms with Crippen LogP contribution in [0.4, 0.5) is 16.5 Å². The van der Waals surface area contributed by atoms with Gasteiger partial charge in [-0.25, -0.2) is 13.4 Å². The molecule has 1 aliphatic heterocycles. The summed E-state index contributed by atoms with van der Waals surface area (Å²) < 4.78 is 31.6. The quantitative estimate of drug-likeness (QED) is 0.424. The maximum Gasteiger partial charge on any atom is 0.214 e. The van der Waals surface area contributed by atoms with Crippen molar-refractivity contribution in [2.45, 2.75) is 26.2 Å². The molecular weight excluding hydrogens is 492 g/mol. The predicted octanol–water partition coefficient (Wildman–Crippen LogP) is 3.67. The van der Waals surface area contributed by atoms with Crippen LogP contribution in [0, 0.1) is 5.92 Å². The van der Waals surface area contributed by atoms with Crippen molar-refractivity contribution in [1.29, 1.82) is 0 Å². The maximum absolute atomic E-state index is 12.6. The molecule has 0 radical (unpaired) electrons. The summed E-state index contributed by atoms with van der Waals surface area (Å²) in [4.78, 5) is 9.17. The summed E-state index contributed by atoms with van der Waals surface area (Å²) >= 11 is 1.38. The lowest BCUT2D eigenvalue weighted by Gasteiger charge is -2.33. The van der Waals surface area contributed by atoms with Crippen molar-refractivity contribution < 1.29 is 8.42 Å². The van der Waals surface area contributed by atoms with Gasteiger partial charge in [-0.15, -0.1) is 0 Å². The van der Waals surface area contributed by atoms with E-state index in [-0.39, 0.29) is 17.6 Å². The van der Waals surface area contributed by atoms with Crippen molar-refractivity contribution in [1.82, 2.24) is 13.7 Å². The molecule has 10 heteroatoms. The Morgan fingerprint density at radius 1 is 1.00 bits per heavy atom. The van der Waals surface area contributed by atoms with E-state index in [4.69, 9.17) is 15.1 Å². The van der Waals surface area contributed by atoms with Crippen LogP contribution in [0.15, 0.2) is 48.5 Å². The zero-order valence-corrected chi connectivity index (χ0v) is 23.1. The Kier molecular flexibility index (Phi) is 8.17. The summed E-state index contributed by atoms with van der Waals surface area (Å²) in [6.07, 6.45) is 0.773. The second-order valence-electron chi connectivity index (χ2n) is 9.98. The minimum Gasteiger partial charge on any atom is -0.399 e. The van der Waals surface area contributed by atoms with Gasteiger partial charge in [0, 0.05) is 69.1 Å². The van der Waals surface area contributed by atoms with E-state index in [1.807, 2.05) is 52.2 Å². The summed E-state index contributed by atoms with van der Waals surface area (Å²) in [6.45, 7) is 6.05. The van der Waals surface area contributed by atoms with Crippen LogP contribution >= 0.6 is 11.5 Å². The minimum absolute atomic E-state index is 0.00600. The van der Waals surface area contributed by atoms with E-state index in [0.717, 1.165) is 34.3 Å². The Morgan fingerprint density at radius 2 is 1.64 bits per heavy atom. The number of benzene rings is 2. The monoisotopic (exact) mass is 528 g/mol. The largest absolute Gasteiger partial charge is 0.399 e. The summed E-state index contributed by atoms with van der Waals surface area (Å²) in [6, 6.07) is 16.5. The van der Waals surface area contributed by atoms with E-state index in [9.17, 15) is 8.42 Å². The molecule has 1 aliphatic rings. The van der Waals surface area contributed by atoms with E-state index in [0.29, 0.717) is 26.2 Å². The summed E-state index contributed by atoms with van der Waals surface area (Å²) in [5, 5.41) is 0.842. The van der Waals surface area contributed by atoms with Crippen molar-refractivity contribution in [3.63, 3.8) is 0 Å². The molecule has 1 atom stereocenters. The van der Waals surface area contributed by atoms with Gasteiger partial charge in [-0.3, -0.25) is 0 Å². The third kappa shape index (κ3) is 6.35. The Labute approximate surface area is 219 Å². The molecule has 0 bridgehead atoms. The number of hydrogen-bond donors (Lipinski definition) is 1. The van der Waals surface area contributed by atoms with Crippen LogP contribution in [-0.4, -0.2) is 68.1 Å². The zero-order valence-electron chi connectivity index (χ0n) is 21.5. The van der Waals surface area contributed by atoms with Gasteiger partial charge in [0.05, 0.1) is 5.75 Å². The number of rotatable bonds is 9. The standard InChI is InChI=1S/C26H36N6O2S2/c1-19(2)18-36(33,34)32-15-13-31(14-16-32)26-28-25(29-35-26)24(21-7-9-22(27)10-8-21)17-20-5-11-23(12-6-20)30(3)4/h5-12,19,24H,13-18,27H2,1-4H3. The van der Waals surface area contributed by atoms with Gasteiger partial charge in [-0.2, -0.15) is 8.68 Å². The minimum atomic E-state index is -3.22. The Hall–Kier alpha value is -2.69. The zero-order chi connectivity index (χ0) is 25.9. The van der Waals surface area contributed by atoms with Gasteiger partial charge in [0.2, 0.25) is 15.2 Å². The number of aromatic nitrogens is 2. The average Bonchev–Trinajstić information content (AvgIpc) is 3.33. The molecule has 2 N–H and O–H groups in total. The summed E-state index contributed by atoms with van der Waals surface area (Å²) in [5.41, 5.74) is 10.2. The number of nitrogens with zero attached hydrogens (tertiary/aromatic N) is 5. The molecule has 0 saturated carbocycles. The molecule has 2 aromatic carbocycles. The molecule has 0 amide bonds. The second kappa shape index (κ2) is 11.1. The Bertz CT molecular complexity index is 1230. The lowest BCUT2D eigenvalue weighted by Crippen LogP contribution is -2.49. The molecule has 8 nitrogen and oxygen atoms in total. The Balaban J connectivity index is 1.52. The van der Waals surface area contributed by atoms with Crippen molar-refractivity contribution in [2.75, 3.05) is 61.6 Å². The SMILES string of the molecule is CC(C)CS(=O)(=O)N1CCN(c2nc(C(Cc3ccc(N(C)C)cc3)c3ccc(N)cc3)ns2)CC1. The van der Waals surface area contributed by atoms with Crippen LogP contribution in [0.5, 0.6) is 0 Å². The van der Waals surface area contributed by atoms with E-state index in [2.05, 4.69) is 34.1 Å². The van der Waals surface area contributed by atoms with Crippen molar-refractivity contribution in [2.24, 2.45) is 5.92 Å². The number of sulfonamides is 1. The molecular formula is C26H36N6O2S2. The van der Waals surface area contributed by atoms with Crippen LogP contribution in [0.3, 0.4) is 0 Å². The molecule has 3 aromatic rings. The van der Waals surface area contributed by atoms with E-state index in [1.165, 1.54) is 17.1 Å². The summed E-state index contributed by atoms with van der Waals surface area (Å²) in [5.74, 6) is 1.08. The molecule has 1 aromatic heterocycles. The molecule has 1 fully saturated rings. The molecule has 1 unspecified atom stereocenters. The normalized spacial score (nSPS) is 15.9. The number of hydrogen-bond acceptors (Lipinski definition) is 8. The highest BCUT2D eigenvalue weighted by atomic mass is 32.2. The van der Waals surface area contributed by atoms with E-state index in [1.54, 1.807) is 4.31 Å². The highest BCUT2D eigenvalue weighted by Gasteiger charge is 2.29. The lowest BCUT2D eigenvalue weighted by atomic mass is 9.91. The van der Waals surface area contributed by atoms with Gasteiger partial charge >= 0.3 is 0 Å². The van der Waals surface area contributed by atoms with Crippen LogP contribution in [0.25, 0.3) is 0 Å². The Morgan fingerprint density at radius 3 is 2.22 bits per heavy atom. The number of piperazine rings is 1. The van der Waals surface area contributed by atoms with Gasteiger partial charge in [0.15, 0.2) is 5.82 Å². The van der Waals surface area contributed by atoms with Crippen molar-refractivity contribution in [3.05, 3.63) is 65.5 Å². The average molecular weight is 529 g/mol. The van der Waals surface area contributed by atoms with Crippen LogP contribution < -0.4 is 15.5 Å². The van der Waals surface area contributed by atoms with E-state index >= 15 is 0 Å². The molecule has 194 valence electrons.